The maximum atomic E-state index is 13.8. The molecule has 4 nitrogen and oxygen atoms in total. The van der Waals surface area contributed by atoms with Crippen molar-refractivity contribution < 1.29 is 18.4 Å². The lowest BCUT2D eigenvalue weighted by Gasteiger charge is -2.11. The smallest absolute Gasteiger partial charge is 0.270 e. The summed E-state index contributed by atoms with van der Waals surface area (Å²) in [7, 11) is 0. The van der Waals surface area contributed by atoms with Gasteiger partial charge >= 0.3 is 0 Å². The van der Waals surface area contributed by atoms with Crippen molar-refractivity contribution in [2.75, 3.05) is 0 Å². The predicted molar refractivity (Wildman–Crippen MR) is 81.2 cm³/mol. The van der Waals surface area contributed by atoms with Crippen molar-refractivity contribution in [2.45, 2.75) is 19.8 Å². The fourth-order valence-electron chi connectivity index (χ4n) is 1.91. The fourth-order valence-corrected chi connectivity index (χ4v) is 2.36. The minimum Gasteiger partial charge on any atom is -0.453 e. The van der Waals surface area contributed by atoms with Crippen LogP contribution in [0.5, 0.6) is 11.5 Å². The summed E-state index contributed by atoms with van der Waals surface area (Å²) < 4.78 is 33.1. The number of nitrogens with zero attached hydrogens (tertiary/aromatic N) is 1. The van der Waals surface area contributed by atoms with Crippen LogP contribution in [0.3, 0.4) is 0 Å². The predicted octanol–water partition coefficient (Wildman–Crippen LogP) is 5.38. The Morgan fingerprint density at radius 1 is 1.18 bits per heavy atom. The number of nitro benzene ring substituents is 1. The molecule has 2 aromatic rings. The van der Waals surface area contributed by atoms with E-state index < -0.39 is 16.6 Å². The quantitative estimate of drug-likeness (QED) is 0.523. The van der Waals surface area contributed by atoms with Crippen molar-refractivity contribution in [3.05, 3.63) is 62.1 Å². The van der Waals surface area contributed by atoms with Crippen molar-refractivity contribution in [1.29, 1.82) is 0 Å². The van der Waals surface area contributed by atoms with Crippen LogP contribution < -0.4 is 4.74 Å². The molecule has 2 rings (SSSR count). The Hall–Kier alpha value is -2.02. The van der Waals surface area contributed by atoms with Gasteiger partial charge in [-0.1, -0.05) is 13.3 Å². The van der Waals surface area contributed by atoms with Crippen molar-refractivity contribution in [1.82, 2.24) is 0 Å². The minimum atomic E-state index is -0.831. The third kappa shape index (κ3) is 3.59. The molecule has 0 fully saturated rings. The summed E-state index contributed by atoms with van der Waals surface area (Å²) >= 11 is 3.14. The Labute approximate surface area is 134 Å². The Kier molecular flexibility index (Phi) is 5.07. The van der Waals surface area contributed by atoms with Gasteiger partial charge in [-0.25, -0.2) is 8.78 Å². The first-order valence-electron chi connectivity index (χ1n) is 6.52. The number of nitro groups is 1. The molecule has 0 bridgehead atoms. The molecule has 0 aliphatic carbocycles. The van der Waals surface area contributed by atoms with E-state index >= 15 is 0 Å². The second-order valence-corrected chi connectivity index (χ2v) is 5.45. The van der Waals surface area contributed by atoms with E-state index in [0.717, 1.165) is 6.07 Å². The van der Waals surface area contributed by atoms with Crippen LogP contribution in [0.2, 0.25) is 0 Å². The van der Waals surface area contributed by atoms with Crippen molar-refractivity contribution in [2.24, 2.45) is 0 Å². The first kappa shape index (κ1) is 16.4. The van der Waals surface area contributed by atoms with Gasteiger partial charge in [0.05, 0.1) is 9.40 Å². The highest BCUT2D eigenvalue weighted by Crippen LogP contribution is 2.34. The molecule has 116 valence electrons. The highest BCUT2D eigenvalue weighted by Gasteiger charge is 2.15. The second-order valence-electron chi connectivity index (χ2n) is 4.60. The number of non-ortho nitro benzene ring substituents is 1. The largest absolute Gasteiger partial charge is 0.453 e. The first-order chi connectivity index (χ1) is 10.4. The van der Waals surface area contributed by atoms with Crippen LogP contribution in [0.25, 0.3) is 0 Å². The van der Waals surface area contributed by atoms with Crippen LogP contribution in [-0.4, -0.2) is 4.92 Å². The number of ether oxygens (including phenoxy) is 1. The molecule has 0 aliphatic heterocycles. The zero-order valence-corrected chi connectivity index (χ0v) is 13.2. The summed E-state index contributed by atoms with van der Waals surface area (Å²) in [6, 6.07) is 5.93. The standard InChI is InChI=1S/C15H12BrF2NO3/c1-2-3-9-6-15(13(18)8-12(9)17)22-14-5-4-10(19(20)21)7-11(14)16/h4-8H,2-3H2,1H3. The van der Waals surface area contributed by atoms with Crippen LogP contribution in [0.4, 0.5) is 14.5 Å². The molecule has 0 N–H and O–H groups in total. The van der Waals surface area contributed by atoms with E-state index in [2.05, 4.69) is 15.9 Å². The molecule has 0 atom stereocenters. The highest BCUT2D eigenvalue weighted by atomic mass is 79.9. The van der Waals surface area contributed by atoms with Crippen LogP contribution in [0.15, 0.2) is 34.8 Å². The average molecular weight is 372 g/mol. The van der Waals surface area contributed by atoms with E-state index in [4.69, 9.17) is 4.74 Å². The Morgan fingerprint density at radius 2 is 1.91 bits per heavy atom. The van der Waals surface area contributed by atoms with Gasteiger partial charge in [0.1, 0.15) is 11.6 Å². The number of benzene rings is 2. The minimum absolute atomic E-state index is 0.120. The zero-order chi connectivity index (χ0) is 16.3. The molecule has 0 amide bonds. The van der Waals surface area contributed by atoms with Crippen molar-refractivity contribution in [3.8, 4) is 11.5 Å². The second kappa shape index (κ2) is 6.83. The summed E-state index contributed by atoms with van der Waals surface area (Å²) in [5.74, 6) is -1.37. The van der Waals surface area contributed by atoms with Gasteiger partial charge in [-0.15, -0.1) is 0 Å². The third-order valence-corrected chi connectivity index (χ3v) is 3.59. The van der Waals surface area contributed by atoms with E-state index in [1.54, 1.807) is 0 Å². The van der Waals surface area contributed by atoms with Crippen LogP contribution in [0, 0.1) is 21.7 Å². The number of halogens is 3. The molecule has 0 spiro atoms. The molecule has 0 radical (unpaired) electrons. The Morgan fingerprint density at radius 3 is 2.50 bits per heavy atom. The first-order valence-corrected chi connectivity index (χ1v) is 7.31. The van der Waals surface area contributed by atoms with Crippen LogP contribution >= 0.6 is 15.9 Å². The van der Waals surface area contributed by atoms with Gasteiger partial charge < -0.3 is 4.74 Å². The van der Waals surface area contributed by atoms with E-state index in [1.165, 1.54) is 24.3 Å². The molecule has 0 aromatic heterocycles. The Balaban J connectivity index is 2.34. The molecule has 2 aromatic carbocycles. The van der Waals surface area contributed by atoms with E-state index in [1.807, 2.05) is 6.92 Å². The van der Waals surface area contributed by atoms with E-state index in [9.17, 15) is 18.9 Å². The highest BCUT2D eigenvalue weighted by molar-refractivity contribution is 9.10. The molecular weight excluding hydrogens is 360 g/mol. The Bertz CT molecular complexity index is 722. The summed E-state index contributed by atoms with van der Waals surface area (Å²) in [4.78, 5) is 10.1. The van der Waals surface area contributed by atoms with Gasteiger partial charge in [-0.3, -0.25) is 10.1 Å². The molecule has 0 heterocycles. The van der Waals surface area contributed by atoms with Crippen molar-refractivity contribution >= 4 is 21.6 Å². The monoisotopic (exact) mass is 371 g/mol. The molecular formula is C15H12BrF2NO3. The van der Waals surface area contributed by atoms with Gasteiger partial charge in [-0.05, 0) is 40.0 Å². The lowest BCUT2D eigenvalue weighted by atomic mass is 10.1. The summed E-state index contributed by atoms with van der Waals surface area (Å²) in [5.41, 5.74) is 0.238. The number of rotatable bonds is 5. The summed E-state index contributed by atoms with van der Waals surface area (Å²) in [6.45, 7) is 1.89. The van der Waals surface area contributed by atoms with Gasteiger partial charge in [-0.2, -0.15) is 0 Å². The maximum absolute atomic E-state index is 13.8. The molecule has 22 heavy (non-hydrogen) atoms. The van der Waals surface area contributed by atoms with Crippen LogP contribution in [-0.2, 0) is 6.42 Å². The molecule has 0 unspecified atom stereocenters. The van der Waals surface area contributed by atoms with E-state index in [-0.39, 0.29) is 17.2 Å². The lowest BCUT2D eigenvalue weighted by Crippen LogP contribution is -1.96. The SMILES string of the molecule is CCCc1cc(Oc2ccc([N+](=O)[O-])cc2Br)c(F)cc1F. The summed E-state index contributed by atoms with van der Waals surface area (Å²) in [5, 5.41) is 10.7. The van der Waals surface area contributed by atoms with Gasteiger partial charge in [0, 0.05) is 18.2 Å². The normalized spacial score (nSPS) is 10.5. The number of hydrogen-bond donors (Lipinski definition) is 0. The number of aryl methyl sites for hydroxylation is 1. The van der Waals surface area contributed by atoms with Gasteiger partial charge in [0.2, 0.25) is 0 Å². The molecule has 0 aliphatic rings. The number of hydrogen-bond acceptors (Lipinski definition) is 3. The summed E-state index contributed by atoms with van der Waals surface area (Å²) in [6.07, 6.45) is 1.17. The lowest BCUT2D eigenvalue weighted by molar-refractivity contribution is -0.384. The van der Waals surface area contributed by atoms with E-state index in [0.29, 0.717) is 22.9 Å². The topological polar surface area (TPSA) is 52.4 Å². The third-order valence-electron chi connectivity index (χ3n) is 2.97. The molecule has 0 saturated carbocycles. The van der Waals surface area contributed by atoms with Crippen molar-refractivity contribution in [3.63, 3.8) is 0 Å². The fraction of sp³-hybridized carbons (Fsp3) is 0.200. The molecule has 7 heteroatoms. The average Bonchev–Trinajstić information content (AvgIpc) is 2.45. The van der Waals surface area contributed by atoms with Gasteiger partial charge in [0.25, 0.3) is 5.69 Å². The van der Waals surface area contributed by atoms with Crippen LogP contribution in [0.1, 0.15) is 18.9 Å². The molecule has 0 saturated heterocycles. The van der Waals surface area contributed by atoms with Gasteiger partial charge in [0.15, 0.2) is 11.6 Å². The zero-order valence-electron chi connectivity index (χ0n) is 11.6. The maximum Gasteiger partial charge on any atom is 0.270 e.